The Hall–Kier alpha value is -3.12. The summed E-state index contributed by atoms with van der Waals surface area (Å²) < 4.78 is 36.0. The Morgan fingerprint density at radius 3 is 2.19 bits per heavy atom. The summed E-state index contributed by atoms with van der Waals surface area (Å²) in [4.78, 5) is 30.4. The highest BCUT2D eigenvalue weighted by molar-refractivity contribution is 7.89. The summed E-state index contributed by atoms with van der Waals surface area (Å²) in [5, 5.41) is 4.09. The monoisotopic (exact) mass is 518 g/mol. The normalized spacial score (nSPS) is 17.4. The summed E-state index contributed by atoms with van der Waals surface area (Å²) in [6, 6.07) is 7.73. The van der Waals surface area contributed by atoms with E-state index in [4.69, 9.17) is 4.74 Å². The van der Waals surface area contributed by atoms with Gasteiger partial charge >= 0.3 is 0 Å². The van der Waals surface area contributed by atoms with Gasteiger partial charge in [-0.15, -0.1) is 0 Å². The molecule has 4 rings (SSSR count). The van der Waals surface area contributed by atoms with Crippen molar-refractivity contribution < 1.29 is 22.7 Å². The fourth-order valence-corrected chi connectivity index (χ4v) is 6.10. The Balaban J connectivity index is 1.51. The number of anilines is 1. The number of ether oxygens (including phenoxy) is 1. The maximum Gasteiger partial charge on any atom is 0.263 e. The van der Waals surface area contributed by atoms with Gasteiger partial charge in [-0.25, -0.2) is 8.42 Å². The van der Waals surface area contributed by atoms with Crippen LogP contribution in [-0.4, -0.2) is 103 Å². The lowest BCUT2D eigenvalue weighted by atomic mass is 10.2. The number of sulfonamides is 1. The zero-order valence-corrected chi connectivity index (χ0v) is 21.9. The topological polar surface area (TPSA) is 108 Å². The van der Waals surface area contributed by atoms with Gasteiger partial charge in [0.15, 0.2) is 0 Å². The Bertz CT molecular complexity index is 1200. The molecule has 2 amide bonds. The van der Waals surface area contributed by atoms with E-state index < -0.39 is 10.0 Å². The molecule has 3 heterocycles. The molecule has 2 fully saturated rings. The third-order valence-corrected chi connectivity index (χ3v) is 8.46. The van der Waals surface area contributed by atoms with Crippen molar-refractivity contribution in [1.29, 1.82) is 0 Å². The Labute approximate surface area is 212 Å². The standard InChI is InChI=1S/C24H34N6O5S/c1-4-29-18-20(24(32)28-12-10-26(11-13-28)19(3)31)23(25-29)36(33,34)30-16-14-27(15-17-30)21-8-6-7-9-22(21)35-5-2/h6-9,18H,4-5,10-17H2,1-3H3. The Kier molecular flexibility index (Phi) is 7.84. The van der Waals surface area contributed by atoms with E-state index >= 15 is 0 Å². The number of nitrogens with zero attached hydrogens (tertiary/aromatic N) is 6. The molecule has 0 atom stereocenters. The number of hydrogen-bond donors (Lipinski definition) is 0. The fraction of sp³-hybridized carbons (Fsp3) is 0.542. The van der Waals surface area contributed by atoms with Crippen molar-refractivity contribution in [3.8, 4) is 5.75 Å². The van der Waals surface area contributed by atoms with Crippen molar-refractivity contribution in [2.75, 3.05) is 63.9 Å². The molecule has 0 bridgehead atoms. The second-order valence-corrected chi connectivity index (χ2v) is 10.6. The van der Waals surface area contributed by atoms with Gasteiger partial charge in [-0.2, -0.15) is 9.40 Å². The van der Waals surface area contributed by atoms with Gasteiger partial charge < -0.3 is 19.4 Å². The maximum atomic E-state index is 13.7. The number of hydrogen-bond acceptors (Lipinski definition) is 7. The number of piperazine rings is 2. The first-order chi connectivity index (χ1) is 17.3. The second kappa shape index (κ2) is 10.9. The average Bonchev–Trinajstić information content (AvgIpc) is 3.34. The van der Waals surface area contributed by atoms with Crippen LogP contribution in [0.4, 0.5) is 5.69 Å². The number of aromatic nitrogens is 2. The summed E-state index contributed by atoms with van der Waals surface area (Å²) in [5.41, 5.74) is 1.02. The van der Waals surface area contributed by atoms with Crippen molar-refractivity contribution in [3.05, 3.63) is 36.0 Å². The van der Waals surface area contributed by atoms with Crippen LogP contribution in [0.3, 0.4) is 0 Å². The number of rotatable bonds is 7. The molecule has 2 aromatic rings. The van der Waals surface area contributed by atoms with Gasteiger partial charge in [0.05, 0.1) is 17.9 Å². The summed E-state index contributed by atoms with van der Waals surface area (Å²) in [7, 11) is -3.98. The van der Waals surface area contributed by atoms with E-state index in [0.29, 0.717) is 52.4 Å². The molecule has 12 heteroatoms. The van der Waals surface area contributed by atoms with Gasteiger partial charge in [0, 0.05) is 72.0 Å². The minimum atomic E-state index is -3.98. The SMILES string of the molecule is CCOc1ccccc1N1CCN(S(=O)(=O)c2nn(CC)cc2C(=O)N2CCN(C(C)=O)CC2)CC1. The van der Waals surface area contributed by atoms with Crippen LogP contribution in [0.15, 0.2) is 35.5 Å². The predicted molar refractivity (Wildman–Crippen MR) is 135 cm³/mol. The van der Waals surface area contributed by atoms with Crippen LogP contribution in [0.25, 0.3) is 0 Å². The molecule has 196 valence electrons. The van der Waals surface area contributed by atoms with Crippen LogP contribution < -0.4 is 9.64 Å². The molecule has 0 unspecified atom stereocenters. The quantitative estimate of drug-likeness (QED) is 0.540. The molecule has 1 aromatic carbocycles. The molecule has 2 aliphatic rings. The van der Waals surface area contributed by atoms with Crippen LogP contribution >= 0.6 is 0 Å². The van der Waals surface area contributed by atoms with Crippen molar-refractivity contribution in [2.45, 2.75) is 32.3 Å². The summed E-state index contributed by atoms with van der Waals surface area (Å²) >= 11 is 0. The largest absolute Gasteiger partial charge is 0.492 e. The lowest BCUT2D eigenvalue weighted by Crippen LogP contribution is -2.51. The van der Waals surface area contributed by atoms with Gasteiger partial charge in [-0.3, -0.25) is 14.3 Å². The molecule has 2 aliphatic heterocycles. The van der Waals surface area contributed by atoms with Crippen molar-refractivity contribution in [1.82, 2.24) is 23.9 Å². The minimum absolute atomic E-state index is 0.0350. The first kappa shape index (κ1) is 26.0. The highest BCUT2D eigenvalue weighted by atomic mass is 32.2. The molecular formula is C24H34N6O5S. The highest BCUT2D eigenvalue weighted by Crippen LogP contribution is 2.30. The van der Waals surface area contributed by atoms with E-state index in [1.165, 1.54) is 22.1 Å². The summed E-state index contributed by atoms with van der Waals surface area (Å²) in [6.07, 6.45) is 1.52. The molecule has 0 N–H and O–H groups in total. The van der Waals surface area contributed by atoms with E-state index in [2.05, 4.69) is 10.00 Å². The number of carbonyl (C=O) groups excluding carboxylic acids is 2. The van der Waals surface area contributed by atoms with E-state index in [1.54, 1.807) is 9.80 Å². The van der Waals surface area contributed by atoms with Gasteiger partial charge in [-0.1, -0.05) is 12.1 Å². The molecule has 2 saturated heterocycles. The third-order valence-electron chi connectivity index (χ3n) is 6.62. The average molecular weight is 519 g/mol. The van der Waals surface area contributed by atoms with Gasteiger partial charge in [0.1, 0.15) is 5.75 Å². The molecule has 11 nitrogen and oxygen atoms in total. The molecule has 0 aliphatic carbocycles. The van der Waals surface area contributed by atoms with Gasteiger partial charge in [0.2, 0.25) is 10.9 Å². The molecular weight excluding hydrogens is 484 g/mol. The van der Waals surface area contributed by atoms with Gasteiger partial charge in [-0.05, 0) is 26.0 Å². The summed E-state index contributed by atoms with van der Waals surface area (Å²) in [5.74, 6) is 0.365. The number of aryl methyl sites for hydroxylation is 1. The van der Waals surface area contributed by atoms with Crippen molar-refractivity contribution in [3.63, 3.8) is 0 Å². The third kappa shape index (κ3) is 5.19. The van der Waals surface area contributed by atoms with Crippen LogP contribution in [0, 0.1) is 0 Å². The first-order valence-electron chi connectivity index (χ1n) is 12.3. The molecule has 0 saturated carbocycles. The number of para-hydroxylation sites is 2. The van der Waals surface area contributed by atoms with Crippen LogP contribution in [0.2, 0.25) is 0 Å². The van der Waals surface area contributed by atoms with Crippen molar-refractivity contribution in [2.24, 2.45) is 0 Å². The Morgan fingerprint density at radius 2 is 1.58 bits per heavy atom. The molecule has 0 radical (unpaired) electrons. The minimum Gasteiger partial charge on any atom is -0.492 e. The zero-order chi connectivity index (χ0) is 25.9. The lowest BCUT2D eigenvalue weighted by molar-refractivity contribution is -0.130. The van der Waals surface area contributed by atoms with E-state index in [0.717, 1.165) is 11.4 Å². The van der Waals surface area contributed by atoms with Crippen molar-refractivity contribution >= 4 is 27.5 Å². The Morgan fingerprint density at radius 1 is 0.944 bits per heavy atom. The van der Waals surface area contributed by atoms with E-state index in [-0.39, 0.29) is 35.5 Å². The molecule has 1 aromatic heterocycles. The van der Waals surface area contributed by atoms with Crippen LogP contribution in [-0.2, 0) is 21.4 Å². The van der Waals surface area contributed by atoms with E-state index in [9.17, 15) is 18.0 Å². The van der Waals surface area contributed by atoms with Crippen LogP contribution in [0.1, 0.15) is 31.1 Å². The maximum absolute atomic E-state index is 13.7. The van der Waals surface area contributed by atoms with E-state index in [1.807, 2.05) is 38.1 Å². The van der Waals surface area contributed by atoms with Crippen LogP contribution in [0.5, 0.6) is 5.75 Å². The molecule has 36 heavy (non-hydrogen) atoms. The second-order valence-electron chi connectivity index (χ2n) is 8.79. The number of carbonyl (C=O) groups is 2. The van der Waals surface area contributed by atoms with Gasteiger partial charge in [0.25, 0.3) is 15.9 Å². The summed E-state index contributed by atoms with van der Waals surface area (Å²) in [6.45, 7) is 9.36. The lowest BCUT2D eigenvalue weighted by Gasteiger charge is -2.36. The smallest absolute Gasteiger partial charge is 0.263 e. The first-order valence-corrected chi connectivity index (χ1v) is 13.8. The highest BCUT2D eigenvalue weighted by Gasteiger charge is 2.36. The number of amides is 2. The zero-order valence-electron chi connectivity index (χ0n) is 21.1. The molecule has 0 spiro atoms. The number of benzene rings is 1. The predicted octanol–water partition coefficient (Wildman–Crippen LogP) is 1.12. The fourth-order valence-electron chi connectivity index (χ4n) is 4.59.